The van der Waals surface area contributed by atoms with Gasteiger partial charge in [-0.2, -0.15) is 0 Å². The maximum atomic E-state index is 11.7. The zero-order valence-corrected chi connectivity index (χ0v) is 18.2. The van der Waals surface area contributed by atoms with Gasteiger partial charge in [0.1, 0.15) is 23.1 Å². The molecule has 0 bridgehead atoms. The normalized spacial score (nSPS) is 15.9. The van der Waals surface area contributed by atoms with Gasteiger partial charge in [0.05, 0.1) is 23.3 Å². The molecule has 1 aromatic heterocycles. The number of nitrogens with one attached hydrogen (secondary N) is 1. The van der Waals surface area contributed by atoms with Crippen LogP contribution < -0.4 is 10.1 Å². The van der Waals surface area contributed by atoms with Crippen LogP contribution in [0.3, 0.4) is 0 Å². The first-order chi connectivity index (χ1) is 13.2. The molecule has 1 atom stereocenters. The van der Waals surface area contributed by atoms with Crippen molar-refractivity contribution >= 4 is 33.6 Å². The number of benzene rings is 1. The van der Waals surface area contributed by atoms with Crippen molar-refractivity contribution in [1.29, 1.82) is 0 Å². The molecule has 1 aliphatic heterocycles. The molecule has 0 saturated carbocycles. The highest BCUT2D eigenvalue weighted by atomic mass is 79.9. The lowest BCUT2D eigenvalue weighted by atomic mass is 10.1. The summed E-state index contributed by atoms with van der Waals surface area (Å²) >= 11 is 9.56. The number of ether oxygens (including phenoxy) is 2. The monoisotopic (exact) mass is 472 g/mol. The number of halogens is 2. The molecule has 0 aliphatic carbocycles. The fourth-order valence-corrected chi connectivity index (χ4v) is 3.92. The lowest BCUT2D eigenvalue weighted by Crippen LogP contribution is -2.34. The quantitative estimate of drug-likeness (QED) is 0.691. The van der Waals surface area contributed by atoms with Crippen LogP contribution in [0.2, 0.25) is 5.02 Å². The van der Waals surface area contributed by atoms with Crippen molar-refractivity contribution in [2.45, 2.75) is 52.0 Å². The summed E-state index contributed by atoms with van der Waals surface area (Å²) in [5, 5.41) is 21.4. The maximum absolute atomic E-state index is 11.7. The van der Waals surface area contributed by atoms with E-state index >= 15 is 0 Å². The van der Waals surface area contributed by atoms with Crippen molar-refractivity contribution in [3.63, 3.8) is 0 Å². The van der Waals surface area contributed by atoms with Gasteiger partial charge < -0.3 is 19.9 Å². The molecular formula is C18H22BrClN4O4. The van der Waals surface area contributed by atoms with Crippen LogP contribution in [-0.4, -0.2) is 38.3 Å². The number of carbonyl (C=O) groups excluding carboxylic acids is 1. The topological polar surface area (TPSA) is 98.5 Å². The van der Waals surface area contributed by atoms with E-state index < -0.39 is 11.7 Å². The number of aromatic nitrogens is 3. The average molecular weight is 474 g/mol. The van der Waals surface area contributed by atoms with E-state index in [1.165, 1.54) is 0 Å². The molecule has 0 radical (unpaired) electrons. The van der Waals surface area contributed by atoms with Crippen LogP contribution in [-0.2, 0) is 24.3 Å². The Kier molecular flexibility index (Phi) is 6.16. The molecule has 2 N–H and O–H groups in total. The lowest BCUT2D eigenvalue weighted by Gasteiger charge is -2.19. The van der Waals surface area contributed by atoms with Crippen molar-refractivity contribution in [3.05, 3.63) is 38.6 Å². The first-order valence-electron chi connectivity index (χ1n) is 8.82. The molecule has 152 valence electrons. The van der Waals surface area contributed by atoms with Gasteiger partial charge in [0.25, 0.3) is 0 Å². The van der Waals surface area contributed by atoms with Gasteiger partial charge in [0.15, 0.2) is 0 Å². The van der Waals surface area contributed by atoms with Gasteiger partial charge in [-0.25, -0.2) is 9.48 Å². The molecule has 8 nitrogen and oxygen atoms in total. The van der Waals surface area contributed by atoms with Gasteiger partial charge in [-0.1, -0.05) is 16.8 Å². The molecule has 2 heterocycles. The Morgan fingerprint density at radius 2 is 2.25 bits per heavy atom. The molecule has 1 aliphatic rings. The number of nitrogens with zero attached hydrogens (tertiary/aromatic N) is 3. The number of fused-ring (bicyclic) bond motifs is 1. The molecule has 0 spiro atoms. The SMILES string of the molecule is CC(C)(C)OC(=O)NCCn1nnc(C2Cc3cc(Cl)cc(Br)c3O2)c1CO. The summed E-state index contributed by atoms with van der Waals surface area (Å²) in [4.78, 5) is 11.7. The van der Waals surface area contributed by atoms with Crippen LogP contribution >= 0.6 is 27.5 Å². The van der Waals surface area contributed by atoms with Gasteiger partial charge >= 0.3 is 6.09 Å². The van der Waals surface area contributed by atoms with Gasteiger partial charge in [0, 0.05) is 23.6 Å². The molecular weight excluding hydrogens is 452 g/mol. The molecule has 1 amide bonds. The van der Waals surface area contributed by atoms with Crippen LogP contribution in [0.4, 0.5) is 4.79 Å². The van der Waals surface area contributed by atoms with E-state index in [-0.39, 0.29) is 19.3 Å². The Morgan fingerprint density at radius 3 is 2.93 bits per heavy atom. The van der Waals surface area contributed by atoms with E-state index in [4.69, 9.17) is 21.1 Å². The second kappa shape index (κ2) is 8.26. The fraction of sp³-hybridized carbons (Fsp3) is 0.500. The maximum Gasteiger partial charge on any atom is 0.407 e. The van der Waals surface area contributed by atoms with Gasteiger partial charge in [0.2, 0.25) is 0 Å². The minimum Gasteiger partial charge on any atom is -0.482 e. The summed E-state index contributed by atoms with van der Waals surface area (Å²) < 4.78 is 13.5. The number of amides is 1. The molecule has 10 heteroatoms. The number of aliphatic hydroxyl groups excluding tert-OH is 1. The van der Waals surface area contributed by atoms with Crippen LogP contribution in [0.5, 0.6) is 5.75 Å². The smallest absolute Gasteiger partial charge is 0.407 e. The van der Waals surface area contributed by atoms with E-state index in [2.05, 4.69) is 31.6 Å². The van der Waals surface area contributed by atoms with Crippen molar-refractivity contribution in [2.75, 3.05) is 6.54 Å². The number of rotatable bonds is 5. The standard InChI is InChI=1S/C18H22BrClN4O4/c1-18(2,3)28-17(26)21-4-5-24-13(9-25)15(22-23-24)14-7-10-6-11(20)8-12(19)16(10)27-14/h6,8,14,25H,4-5,7,9H2,1-3H3,(H,21,26). The van der Waals surface area contributed by atoms with Crippen LogP contribution in [0.1, 0.15) is 43.8 Å². The second-order valence-electron chi connectivity index (χ2n) is 7.42. The van der Waals surface area contributed by atoms with Crippen LogP contribution in [0.25, 0.3) is 0 Å². The van der Waals surface area contributed by atoms with Crippen LogP contribution in [0, 0.1) is 0 Å². The van der Waals surface area contributed by atoms with E-state index in [9.17, 15) is 9.90 Å². The number of carbonyl (C=O) groups is 1. The highest BCUT2D eigenvalue weighted by Gasteiger charge is 2.31. The van der Waals surface area contributed by atoms with E-state index in [1.807, 2.05) is 6.07 Å². The third-order valence-electron chi connectivity index (χ3n) is 4.06. The summed E-state index contributed by atoms with van der Waals surface area (Å²) in [6.07, 6.45) is -0.287. The zero-order chi connectivity index (χ0) is 20.5. The summed E-state index contributed by atoms with van der Waals surface area (Å²) in [6, 6.07) is 3.63. The largest absolute Gasteiger partial charge is 0.482 e. The van der Waals surface area contributed by atoms with Crippen LogP contribution in [0.15, 0.2) is 16.6 Å². The molecule has 3 rings (SSSR count). The van der Waals surface area contributed by atoms with Crippen molar-refractivity contribution in [2.24, 2.45) is 0 Å². The number of hydrogen-bond donors (Lipinski definition) is 2. The number of hydrogen-bond acceptors (Lipinski definition) is 6. The van der Waals surface area contributed by atoms with Gasteiger partial charge in [-0.05, 0) is 48.8 Å². The van der Waals surface area contributed by atoms with Gasteiger partial charge in [-0.15, -0.1) is 5.10 Å². The minimum atomic E-state index is -0.563. The molecule has 28 heavy (non-hydrogen) atoms. The number of aliphatic hydroxyl groups is 1. The van der Waals surface area contributed by atoms with Crippen molar-refractivity contribution in [1.82, 2.24) is 20.3 Å². The molecule has 1 aromatic carbocycles. The third kappa shape index (κ3) is 4.76. The first-order valence-corrected chi connectivity index (χ1v) is 9.99. The Bertz CT molecular complexity index is 881. The van der Waals surface area contributed by atoms with Crippen molar-refractivity contribution in [3.8, 4) is 5.75 Å². The molecule has 1 unspecified atom stereocenters. The molecule has 2 aromatic rings. The predicted octanol–water partition coefficient (Wildman–Crippen LogP) is 3.39. The Morgan fingerprint density at radius 1 is 1.50 bits per heavy atom. The summed E-state index contributed by atoms with van der Waals surface area (Å²) in [7, 11) is 0. The number of alkyl carbamates (subject to hydrolysis) is 1. The van der Waals surface area contributed by atoms with Gasteiger partial charge in [-0.3, -0.25) is 0 Å². The zero-order valence-electron chi connectivity index (χ0n) is 15.8. The van der Waals surface area contributed by atoms with Crippen molar-refractivity contribution < 1.29 is 19.4 Å². The lowest BCUT2D eigenvalue weighted by molar-refractivity contribution is 0.0525. The van der Waals surface area contributed by atoms with E-state index in [1.54, 1.807) is 31.5 Å². The highest BCUT2D eigenvalue weighted by Crippen LogP contribution is 2.43. The first kappa shape index (κ1) is 20.9. The third-order valence-corrected chi connectivity index (χ3v) is 4.87. The fourth-order valence-electron chi connectivity index (χ4n) is 2.95. The Hall–Kier alpha value is -1.84. The summed E-state index contributed by atoms with van der Waals surface area (Å²) in [6.45, 7) is 5.78. The minimum absolute atomic E-state index is 0.243. The highest BCUT2D eigenvalue weighted by molar-refractivity contribution is 9.10. The summed E-state index contributed by atoms with van der Waals surface area (Å²) in [5.74, 6) is 0.722. The second-order valence-corrected chi connectivity index (χ2v) is 8.71. The molecule has 0 fully saturated rings. The molecule has 0 saturated heterocycles. The summed E-state index contributed by atoms with van der Waals surface area (Å²) in [5.41, 5.74) is 1.52. The average Bonchev–Trinajstić information content (AvgIpc) is 3.16. The Labute approximate surface area is 176 Å². The van der Waals surface area contributed by atoms with E-state index in [0.29, 0.717) is 29.4 Å². The van der Waals surface area contributed by atoms with E-state index in [0.717, 1.165) is 15.8 Å². The predicted molar refractivity (Wildman–Crippen MR) is 106 cm³/mol. The Balaban J connectivity index is 1.66.